The van der Waals surface area contributed by atoms with Crippen LogP contribution in [0.5, 0.6) is 0 Å². The number of thiazole rings is 1. The zero-order chi connectivity index (χ0) is 9.42. The van der Waals surface area contributed by atoms with Crippen LogP contribution in [0.15, 0.2) is 6.20 Å². The molecule has 72 valence electrons. The zero-order valence-corrected chi connectivity index (χ0v) is 9.19. The Hall–Kier alpha value is -0.410. The fourth-order valence-electron chi connectivity index (χ4n) is 1.83. The van der Waals surface area contributed by atoms with Crippen LogP contribution in [0.3, 0.4) is 0 Å². The molecule has 1 N–H and O–H groups in total. The van der Waals surface area contributed by atoms with Crippen molar-refractivity contribution >= 4 is 11.3 Å². The third kappa shape index (κ3) is 1.63. The first-order chi connectivity index (χ1) is 6.18. The summed E-state index contributed by atoms with van der Waals surface area (Å²) in [5.41, 5.74) is 0. The second-order valence-electron chi connectivity index (χ2n) is 4.08. The summed E-state index contributed by atoms with van der Waals surface area (Å²) in [6, 6.07) is 0.575. The summed E-state index contributed by atoms with van der Waals surface area (Å²) in [4.78, 5) is 5.70. The maximum absolute atomic E-state index is 4.29. The molecule has 0 aromatic carbocycles. The first kappa shape index (κ1) is 9.16. The minimum absolute atomic E-state index is 0.575. The summed E-state index contributed by atoms with van der Waals surface area (Å²) < 4.78 is 0. The first-order valence-electron chi connectivity index (χ1n) is 4.84. The summed E-state index contributed by atoms with van der Waals surface area (Å²) in [6.07, 6.45) is 2.02. The molecule has 1 fully saturated rings. The van der Waals surface area contributed by atoms with Gasteiger partial charge in [0, 0.05) is 23.7 Å². The number of aryl methyl sites for hydroxylation is 1. The highest BCUT2D eigenvalue weighted by atomic mass is 32.1. The smallest absolute Gasteiger partial charge is 0.0897 e. The van der Waals surface area contributed by atoms with Crippen LogP contribution >= 0.6 is 11.3 Å². The lowest BCUT2D eigenvalue weighted by atomic mass is 9.82. The van der Waals surface area contributed by atoms with E-state index in [1.807, 2.05) is 17.5 Å². The predicted octanol–water partition coefficient (Wildman–Crippen LogP) is 2.37. The molecule has 2 heterocycles. The SMILES string of the molecule is Cc1ncc(C2NCC2C(C)C)s1. The Morgan fingerprint density at radius 2 is 2.38 bits per heavy atom. The third-order valence-corrected chi connectivity index (χ3v) is 3.80. The van der Waals surface area contributed by atoms with Crippen LogP contribution < -0.4 is 5.32 Å². The largest absolute Gasteiger partial charge is 0.309 e. The minimum Gasteiger partial charge on any atom is -0.309 e. The molecule has 13 heavy (non-hydrogen) atoms. The molecule has 3 heteroatoms. The topological polar surface area (TPSA) is 24.9 Å². The number of hydrogen-bond donors (Lipinski definition) is 1. The van der Waals surface area contributed by atoms with Gasteiger partial charge in [0.05, 0.1) is 5.01 Å². The molecule has 2 atom stereocenters. The number of rotatable bonds is 2. The van der Waals surface area contributed by atoms with Crippen LogP contribution in [0.4, 0.5) is 0 Å². The van der Waals surface area contributed by atoms with Gasteiger partial charge in [-0.25, -0.2) is 4.98 Å². The van der Waals surface area contributed by atoms with Gasteiger partial charge in [0.15, 0.2) is 0 Å². The van der Waals surface area contributed by atoms with Gasteiger partial charge in [-0.3, -0.25) is 0 Å². The first-order valence-corrected chi connectivity index (χ1v) is 5.66. The quantitative estimate of drug-likeness (QED) is 0.785. The lowest BCUT2D eigenvalue weighted by Gasteiger charge is -2.40. The van der Waals surface area contributed by atoms with Gasteiger partial charge in [0.25, 0.3) is 0 Å². The molecular weight excluding hydrogens is 180 g/mol. The van der Waals surface area contributed by atoms with Gasteiger partial charge in [-0.1, -0.05) is 13.8 Å². The fraction of sp³-hybridized carbons (Fsp3) is 0.700. The number of aromatic nitrogens is 1. The fourth-order valence-corrected chi connectivity index (χ4v) is 2.76. The average Bonchev–Trinajstić information content (AvgIpc) is 2.32. The Balaban J connectivity index is 2.10. The number of nitrogens with one attached hydrogen (secondary N) is 1. The van der Waals surface area contributed by atoms with Crippen molar-refractivity contribution in [2.75, 3.05) is 6.54 Å². The number of hydrogen-bond acceptors (Lipinski definition) is 3. The highest BCUT2D eigenvalue weighted by molar-refractivity contribution is 7.11. The predicted molar refractivity (Wildman–Crippen MR) is 55.9 cm³/mol. The Morgan fingerprint density at radius 1 is 1.62 bits per heavy atom. The van der Waals surface area contributed by atoms with Gasteiger partial charge in [0.2, 0.25) is 0 Å². The van der Waals surface area contributed by atoms with E-state index in [0.29, 0.717) is 6.04 Å². The second kappa shape index (κ2) is 3.39. The molecule has 0 radical (unpaired) electrons. The van der Waals surface area contributed by atoms with E-state index in [0.717, 1.165) is 11.8 Å². The van der Waals surface area contributed by atoms with Gasteiger partial charge in [-0.05, 0) is 18.8 Å². The lowest BCUT2D eigenvalue weighted by molar-refractivity contribution is 0.177. The Labute approximate surface area is 83.4 Å². The average molecular weight is 196 g/mol. The Kier molecular flexibility index (Phi) is 2.39. The van der Waals surface area contributed by atoms with Crippen molar-refractivity contribution in [2.24, 2.45) is 11.8 Å². The molecule has 1 aliphatic rings. The van der Waals surface area contributed by atoms with Crippen LogP contribution in [-0.2, 0) is 0 Å². The Bertz CT molecular complexity index is 293. The summed E-state index contributed by atoms with van der Waals surface area (Å²) in [7, 11) is 0. The van der Waals surface area contributed by atoms with Crippen LogP contribution in [0.25, 0.3) is 0 Å². The highest BCUT2D eigenvalue weighted by Crippen LogP contribution is 2.36. The van der Waals surface area contributed by atoms with E-state index in [2.05, 4.69) is 31.1 Å². The van der Waals surface area contributed by atoms with Crippen molar-refractivity contribution in [1.29, 1.82) is 0 Å². The summed E-state index contributed by atoms with van der Waals surface area (Å²) >= 11 is 1.82. The van der Waals surface area contributed by atoms with E-state index in [4.69, 9.17) is 0 Å². The maximum atomic E-state index is 4.29. The van der Waals surface area contributed by atoms with Gasteiger partial charge in [-0.2, -0.15) is 0 Å². The third-order valence-electron chi connectivity index (χ3n) is 2.80. The molecule has 1 aromatic rings. The molecule has 1 saturated heterocycles. The van der Waals surface area contributed by atoms with E-state index in [-0.39, 0.29) is 0 Å². The zero-order valence-electron chi connectivity index (χ0n) is 8.37. The molecule has 0 aliphatic carbocycles. The molecule has 0 bridgehead atoms. The van der Waals surface area contributed by atoms with E-state index in [1.165, 1.54) is 16.4 Å². The highest BCUT2D eigenvalue weighted by Gasteiger charge is 2.34. The molecule has 2 unspecified atom stereocenters. The van der Waals surface area contributed by atoms with Crippen LogP contribution in [0.2, 0.25) is 0 Å². The molecule has 0 spiro atoms. The molecule has 2 nitrogen and oxygen atoms in total. The van der Waals surface area contributed by atoms with Crippen molar-refractivity contribution in [1.82, 2.24) is 10.3 Å². The standard InChI is InChI=1S/C10H16N2S/c1-6(2)8-4-12-10(8)9-5-11-7(3)13-9/h5-6,8,10,12H,4H2,1-3H3. The van der Waals surface area contributed by atoms with Crippen LogP contribution in [0.1, 0.15) is 29.8 Å². The van der Waals surface area contributed by atoms with E-state index < -0.39 is 0 Å². The normalized spacial score (nSPS) is 27.7. The Morgan fingerprint density at radius 3 is 2.77 bits per heavy atom. The van der Waals surface area contributed by atoms with Gasteiger partial charge in [-0.15, -0.1) is 11.3 Å². The van der Waals surface area contributed by atoms with Crippen LogP contribution in [-0.4, -0.2) is 11.5 Å². The molecule has 0 saturated carbocycles. The lowest BCUT2D eigenvalue weighted by Crippen LogP contribution is -2.47. The van der Waals surface area contributed by atoms with E-state index in [9.17, 15) is 0 Å². The van der Waals surface area contributed by atoms with Crippen molar-refractivity contribution in [3.63, 3.8) is 0 Å². The van der Waals surface area contributed by atoms with Crippen molar-refractivity contribution in [3.05, 3.63) is 16.1 Å². The molecule has 0 amide bonds. The molecule has 1 aliphatic heterocycles. The van der Waals surface area contributed by atoms with Gasteiger partial charge >= 0.3 is 0 Å². The van der Waals surface area contributed by atoms with Crippen LogP contribution in [0, 0.1) is 18.8 Å². The minimum atomic E-state index is 0.575. The van der Waals surface area contributed by atoms with Crippen molar-refractivity contribution in [3.8, 4) is 0 Å². The maximum Gasteiger partial charge on any atom is 0.0897 e. The van der Waals surface area contributed by atoms with Gasteiger partial charge < -0.3 is 5.32 Å². The van der Waals surface area contributed by atoms with Crippen molar-refractivity contribution < 1.29 is 0 Å². The summed E-state index contributed by atoms with van der Waals surface area (Å²) in [5.74, 6) is 1.58. The van der Waals surface area contributed by atoms with E-state index in [1.54, 1.807) is 0 Å². The molecule has 2 rings (SSSR count). The summed E-state index contributed by atoms with van der Waals surface area (Å²) in [5, 5.41) is 4.65. The summed E-state index contributed by atoms with van der Waals surface area (Å²) in [6.45, 7) is 7.83. The van der Waals surface area contributed by atoms with Gasteiger partial charge in [0.1, 0.15) is 0 Å². The van der Waals surface area contributed by atoms with E-state index >= 15 is 0 Å². The molecule has 1 aromatic heterocycles. The number of nitrogens with zero attached hydrogens (tertiary/aromatic N) is 1. The second-order valence-corrected chi connectivity index (χ2v) is 5.34. The monoisotopic (exact) mass is 196 g/mol. The molecular formula is C10H16N2S. The van der Waals surface area contributed by atoms with Crippen molar-refractivity contribution in [2.45, 2.75) is 26.8 Å².